The van der Waals surface area contributed by atoms with Crippen LogP contribution in [0.4, 0.5) is 13.2 Å². The van der Waals surface area contributed by atoms with E-state index in [1.54, 1.807) is 0 Å². The van der Waals surface area contributed by atoms with Gasteiger partial charge in [-0.3, -0.25) is 0 Å². The number of ether oxygens (including phenoxy) is 3. The van der Waals surface area contributed by atoms with Crippen LogP contribution in [-0.4, -0.2) is 41.7 Å². The largest absolute Gasteiger partial charge is 0.748 e. The van der Waals surface area contributed by atoms with Crippen molar-refractivity contribution < 1.29 is 40.4 Å². The van der Waals surface area contributed by atoms with E-state index in [2.05, 4.69) is 117 Å². The first kappa shape index (κ1) is 36.3. The van der Waals surface area contributed by atoms with Crippen molar-refractivity contribution in [2.45, 2.75) is 100.0 Å². The quantitative estimate of drug-likeness (QED) is 0.190. The number of hydrogen-bond acceptors (Lipinski definition) is 6. The molecule has 0 saturated heterocycles. The molecule has 0 atom stereocenters. The van der Waals surface area contributed by atoms with Crippen molar-refractivity contribution in [3.63, 3.8) is 0 Å². The zero-order valence-corrected chi connectivity index (χ0v) is 27.7. The molecule has 0 aliphatic carbocycles. The summed E-state index contributed by atoms with van der Waals surface area (Å²) >= 11 is 0. The molecule has 0 N–H and O–H groups in total. The van der Waals surface area contributed by atoms with Gasteiger partial charge in [0.25, 0.3) is 0 Å². The van der Waals surface area contributed by atoms with Crippen LogP contribution >= 0.6 is 0 Å². The van der Waals surface area contributed by atoms with Crippen LogP contribution in [-0.2, 0) is 21.0 Å². The average molecular weight is 643 g/mol. The van der Waals surface area contributed by atoms with Gasteiger partial charge in [-0.05, 0) is 98.7 Å². The first-order chi connectivity index (χ1) is 19.4. The molecule has 0 aromatic heterocycles. The Morgan fingerprint density at radius 1 is 0.605 bits per heavy atom. The van der Waals surface area contributed by atoms with E-state index in [0.717, 1.165) is 17.2 Å². The molecule has 0 unspecified atom stereocenters. The molecule has 0 fully saturated rings. The first-order valence-corrected chi connectivity index (χ1v) is 16.3. The zero-order chi connectivity index (χ0) is 32.9. The van der Waals surface area contributed by atoms with Crippen LogP contribution in [0.5, 0.6) is 17.2 Å². The van der Waals surface area contributed by atoms with E-state index in [9.17, 15) is 26.1 Å². The molecular formula is C32H41F3O6S2. The lowest BCUT2D eigenvalue weighted by molar-refractivity contribution is -0.107. The Morgan fingerprint density at radius 3 is 1.07 bits per heavy atom. The summed E-state index contributed by atoms with van der Waals surface area (Å²) in [5.41, 5.74) is -0.797. The Labute approximate surface area is 256 Å². The molecule has 0 amide bonds. The molecule has 0 spiro atoms. The second kappa shape index (κ2) is 13.8. The van der Waals surface area contributed by atoms with E-state index in [4.69, 9.17) is 14.2 Å². The third-order valence-corrected chi connectivity index (χ3v) is 7.59. The zero-order valence-electron chi connectivity index (χ0n) is 26.0. The van der Waals surface area contributed by atoms with Gasteiger partial charge in [-0.1, -0.05) is 18.2 Å². The van der Waals surface area contributed by atoms with E-state index in [-0.39, 0.29) is 27.7 Å². The molecule has 0 radical (unpaired) electrons. The van der Waals surface area contributed by atoms with Gasteiger partial charge in [0.2, 0.25) is 0 Å². The van der Waals surface area contributed by atoms with Crippen LogP contribution in [0, 0.1) is 0 Å². The molecule has 0 bridgehead atoms. The number of alkyl halides is 3. The maximum absolute atomic E-state index is 11.0. The van der Waals surface area contributed by atoms with Crippen LogP contribution in [0.2, 0.25) is 0 Å². The van der Waals surface area contributed by atoms with Crippen molar-refractivity contribution in [2.24, 2.45) is 0 Å². The SMILES string of the molecule is CC(C)(C)Oc1cccc([S+](c2cccc(OC(C)(C)C)c2)c2cccc(OC(C)(C)C)c2)c1.O=S(=O)([O-])CC(F)(F)F. The molecule has 3 aromatic rings. The lowest BCUT2D eigenvalue weighted by Crippen LogP contribution is -2.23. The van der Waals surface area contributed by atoms with Crippen LogP contribution in [0.1, 0.15) is 62.3 Å². The van der Waals surface area contributed by atoms with Gasteiger partial charge in [-0.2, -0.15) is 13.2 Å². The summed E-state index contributed by atoms with van der Waals surface area (Å²) in [5.74, 6) is 0.310. The Hall–Kier alpha value is -2.89. The van der Waals surface area contributed by atoms with Crippen molar-refractivity contribution in [1.82, 2.24) is 0 Å². The number of rotatable bonds is 7. The standard InChI is InChI=1S/C30H39O3S.C2H3F3O3S/c1-28(2,3)31-22-13-10-16-25(19-22)34(26-17-11-14-23(20-26)32-29(4,5)6)27-18-12-15-24(21-27)33-30(7,8)9;3-2(4,5)1-9(6,7)8/h10-21H,1-9H3;1H2,(H,6,7,8)/q+1;/p-1. The number of halogens is 3. The van der Waals surface area contributed by atoms with Crippen molar-refractivity contribution in [1.29, 1.82) is 0 Å². The monoisotopic (exact) mass is 642 g/mol. The highest BCUT2D eigenvalue weighted by atomic mass is 32.2. The molecule has 3 rings (SSSR count). The van der Waals surface area contributed by atoms with E-state index < -0.39 is 22.0 Å². The maximum Gasteiger partial charge on any atom is 0.401 e. The summed E-state index contributed by atoms with van der Waals surface area (Å²) in [6.07, 6.45) is -4.92. The van der Waals surface area contributed by atoms with Gasteiger partial charge in [0.15, 0.2) is 14.7 Å². The summed E-state index contributed by atoms with van der Waals surface area (Å²) in [6.45, 7) is 18.6. The highest BCUT2D eigenvalue weighted by Gasteiger charge is 2.32. The van der Waals surface area contributed by atoms with Crippen LogP contribution in [0.15, 0.2) is 87.5 Å². The molecule has 11 heteroatoms. The van der Waals surface area contributed by atoms with E-state index >= 15 is 0 Å². The summed E-state index contributed by atoms with van der Waals surface area (Å²) in [4.78, 5) is 3.55. The van der Waals surface area contributed by atoms with Crippen molar-refractivity contribution in [3.05, 3.63) is 72.8 Å². The molecule has 6 nitrogen and oxygen atoms in total. The minimum Gasteiger partial charge on any atom is -0.748 e. The summed E-state index contributed by atoms with van der Waals surface area (Å²) in [6, 6.07) is 25.3. The van der Waals surface area contributed by atoms with Crippen molar-refractivity contribution in [3.8, 4) is 17.2 Å². The minimum atomic E-state index is -5.16. The molecule has 0 aliphatic rings. The lowest BCUT2D eigenvalue weighted by Gasteiger charge is -2.22. The molecular weight excluding hydrogens is 601 g/mol. The van der Waals surface area contributed by atoms with E-state index in [1.807, 2.05) is 18.2 Å². The normalized spacial score (nSPS) is 12.8. The van der Waals surface area contributed by atoms with Crippen LogP contribution < -0.4 is 14.2 Å². The Morgan fingerprint density at radius 2 is 0.884 bits per heavy atom. The third-order valence-electron chi connectivity index (χ3n) is 4.74. The van der Waals surface area contributed by atoms with Gasteiger partial charge in [-0.25, -0.2) is 8.42 Å². The van der Waals surface area contributed by atoms with Crippen molar-refractivity contribution in [2.75, 3.05) is 5.75 Å². The highest BCUT2D eigenvalue weighted by Crippen LogP contribution is 2.37. The Bertz CT molecular complexity index is 1310. The van der Waals surface area contributed by atoms with Gasteiger partial charge in [0, 0.05) is 18.2 Å². The summed E-state index contributed by atoms with van der Waals surface area (Å²) in [5, 5.41) is 0. The van der Waals surface area contributed by atoms with E-state index in [1.165, 1.54) is 14.7 Å². The van der Waals surface area contributed by atoms with Gasteiger partial charge in [0.05, 0.1) is 10.9 Å². The molecule has 43 heavy (non-hydrogen) atoms. The summed E-state index contributed by atoms with van der Waals surface area (Å²) < 4.78 is 79.6. The molecule has 0 heterocycles. The van der Waals surface area contributed by atoms with Crippen LogP contribution in [0.3, 0.4) is 0 Å². The van der Waals surface area contributed by atoms with Gasteiger partial charge < -0.3 is 18.8 Å². The van der Waals surface area contributed by atoms with Crippen LogP contribution in [0.25, 0.3) is 0 Å². The predicted molar refractivity (Wildman–Crippen MR) is 163 cm³/mol. The fourth-order valence-corrected chi connectivity index (χ4v) is 6.23. The number of benzene rings is 3. The first-order valence-electron chi connectivity index (χ1n) is 13.5. The Balaban J connectivity index is 0.000000621. The summed E-state index contributed by atoms with van der Waals surface area (Å²) in [7, 11) is -5.53. The molecule has 3 aromatic carbocycles. The minimum absolute atomic E-state index is 0.266. The molecule has 0 aliphatic heterocycles. The maximum atomic E-state index is 11.0. The van der Waals surface area contributed by atoms with Gasteiger partial charge in [-0.15, -0.1) is 0 Å². The third kappa shape index (κ3) is 14.9. The van der Waals surface area contributed by atoms with Gasteiger partial charge in [0.1, 0.15) is 49.9 Å². The second-order valence-electron chi connectivity index (χ2n) is 12.7. The van der Waals surface area contributed by atoms with Gasteiger partial charge >= 0.3 is 6.18 Å². The Kier molecular flexibility index (Phi) is 11.7. The fraction of sp³-hybridized carbons (Fsp3) is 0.438. The number of hydrogen-bond donors (Lipinski definition) is 0. The predicted octanol–water partition coefficient (Wildman–Crippen LogP) is 8.41. The van der Waals surface area contributed by atoms with Crippen molar-refractivity contribution >= 4 is 21.0 Å². The fourth-order valence-electron chi connectivity index (χ4n) is 3.66. The molecule has 0 saturated carbocycles. The molecule has 238 valence electrons. The topological polar surface area (TPSA) is 84.9 Å². The second-order valence-corrected chi connectivity index (χ2v) is 16.1. The average Bonchev–Trinajstić information content (AvgIpc) is 2.74. The van der Waals surface area contributed by atoms with E-state index in [0.29, 0.717) is 0 Å². The highest BCUT2D eigenvalue weighted by molar-refractivity contribution is 7.97. The lowest BCUT2D eigenvalue weighted by atomic mass is 10.2. The smallest absolute Gasteiger partial charge is 0.401 e.